The molecule has 1 aromatic carbocycles. The minimum absolute atomic E-state index is 0.168. The molecule has 0 spiro atoms. The predicted molar refractivity (Wildman–Crippen MR) is 76.7 cm³/mol. The number of benzene rings is 1. The molecule has 2 heteroatoms. The van der Waals surface area contributed by atoms with Gasteiger partial charge in [-0.3, -0.25) is 4.79 Å². The molecule has 0 aliphatic rings. The van der Waals surface area contributed by atoms with Crippen LogP contribution in [-0.4, -0.2) is 16.3 Å². The summed E-state index contributed by atoms with van der Waals surface area (Å²) in [5.41, 5.74) is 2.45. The van der Waals surface area contributed by atoms with Crippen LogP contribution in [-0.2, 0) is 17.6 Å². The highest BCUT2D eigenvalue weighted by Gasteiger charge is 2.13. The molecule has 94 valence electrons. The first kappa shape index (κ1) is 14.3. The van der Waals surface area contributed by atoms with Crippen molar-refractivity contribution in [2.24, 2.45) is 0 Å². The maximum absolute atomic E-state index is 11.8. The SMILES string of the molecule is CCc1ccc(CC(=O)CSC(C)(C)C)cc1. The van der Waals surface area contributed by atoms with Gasteiger partial charge in [0.15, 0.2) is 0 Å². The lowest BCUT2D eigenvalue weighted by atomic mass is 10.1. The molecule has 0 radical (unpaired) electrons. The van der Waals surface area contributed by atoms with E-state index >= 15 is 0 Å². The topological polar surface area (TPSA) is 17.1 Å². The lowest BCUT2D eigenvalue weighted by Gasteiger charge is -2.16. The first-order chi connectivity index (χ1) is 7.90. The van der Waals surface area contributed by atoms with Crippen molar-refractivity contribution in [3.63, 3.8) is 0 Å². The van der Waals surface area contributed by atoms with Gasteiger partial charge >= 0.3 is 0 Å². The van der Waals surface area contributed by atoms with Crippen molar-refractivity contribution in [1.29, 1.82) is 0 Å². The van der Waals surface area contributed by atoms with Crippen LogP contribution in [0.2, 0.25) is 0 Å². The number of ketones is 1. The Labute approximate surface area is 109 Å². The zero-order chi connectivity index (χ0) is 12.9. The number of carbonyl (C=O) groups is 1. The van der Waals surface area contributed by atoms with E-state index < -0.39 is 0 Å². The zero-order valence-electron chi connectivity index (χ0n) is 11.2. The van der Waals surface area contributed by atoms with Crippen LogP contribution in [0.5, 0.6) is 0 Å². The van der Waals surface area contributed by atoms with Gasteiger partial charge in [0.05, 0.1) is 5.75 Å². The molecule has 1 rings (SSSR count). The highest BCUT2D eigenvalue weighted by molar-refractivity contribution is 8.01. The summed E-state index contributed by atoms with van der Waals surface area (Å²) in [6, 6.07) is 8.36. The van der Waals surface area contributed by atoms with Crippen LogP contribution >= 0.6 is 11.8 Å². The van der Waals surface area contributed by atoms with E-state index in [0.717, 1.165) is 12.0 Å². The number of hydrogen-bond donors (Lipinski definition) is 0. The second-order valence-corrected chi connectivity index (χ2v) is 7.09. The Morgan fingerprint density at radius 1 is 1.12 bits per heavy atom. The van der Waals surface area contributed by atoms with E-state index in [1.807, 2.05) is 0 Å². The molecule has 17 heavy (non-hydrogen) atoms. The van der Waals surface area contributed by atoms with Gasteiger partial charge in [-0.25, -0.2) is 0 Å². The van der Waals surface area contributed by atoms with Crippen molar-refractivity contribution in [2.75, 3.05) is 5.75 Å². The Balaban J connectivity index is 2.45. The van der Waals surface area contributed by atoms with Crippen LogP contribution in [0.15, 0.2) is 24.3 Å². The van der Waals surface area contributed by atoms with Gasteiger partial charge in [0, 0.05) is 11.2 Å². The Kier molecular flexibility index (Phi) is 5.26. The van der Waals surface area contributed by atoms with Gasteiger partial charge in [0.2, 0.25) is 0 Å². The molecule has 0 aliphatic heterocycles. The molecular formula is C15H22OS. The number of hydrogen-bond acceptors (Lipinski definition) is 2. The number of carbonyl (C=O) groups excluding carboxylic acids is 1. The minimum Gasteiger partial charge on any atom is -0.298 e. The summed E-state index contributed by atoms with van der Waals surface area (Å²) in [6.45, 7) is 8.56. The Morgan fingerprint density at radius 2 is 1.65 bits per heavy atom. The van der Waals surface area contributed by atoms with E-state index in [2.05, 4.69) is 52.0 Å². The molecule has 0 aliphatic carbocycles. The summed E-state index contributed by atoms with van der Waals surface area (Å²) in [4.78, 5) is 11.8. The summed E-state index contributed by atoms with van der Waals surface area (Å²) in [6.07, 6.45) is 1.61. The van der Waals surface area contributed by atoms with E-state index in [4.69, 9.17) is 0 Å². The second-order valence-electron chi connectivity index (χ2n) is 5.29. The largest absolute Gasteiger partial charge is 0.298 e. The van der Waals surface area contributed by atoms with Crippen LogP contribution in [0, 0.1) is 0 Å². The molecule has 0 saturated carbocycles. The van der Waals surface area contributed by atoms with Gasteiger partial charge < -0.3 is 0 Å². The molecule has 0 bridgehead atoms. The lowest BCUT2D eigenvalue weighted by molar-refractivity contribution is -0.116. The molecular weight excluding hydrogens is 228 g/mol. The molecule has 0 N–H and O–H groups in total. The normalized spacial score (nSPS) is 11.5. The van der Waals surface area contributed by atoms with E-state index in [0.29, 0.717) is 18.0 Å². The summed E-state index contributed by atoms with van der Waals surface area (Å²) in [7, 11) is 0. The monoisotopic (exact) mass is 250 g/mol. The molecule has 0 unspecified atom stereocenters. The molecule has 1 aromatic rings. The van der Waals surface area contributed by atoms with E-state index in [1.54, 1.807) is 11.8 Å². The highest BCUT2D eigenvalue weighted by atomic mass is 32.2. The average molecular weight is 250 g/mol. The summed E-state index contributed by atoms with van der Waals surface area (Å²) in [5, 5.41) is 0. The average Bonchev–Trinajstić information content (AvgIpc) is 2.27. The number of Topliss-reactive ketones (excluding diaryl/α,β-unsaturated/α-hetero) is 1. The van der Waals surface area contributed by atoms with Crippen molar-refractivity contribution in [3.05, 3.63) is 35.4 Å². The van der Waals surface area contributed by atoms with Crippen LogP contribution in [0.1, 0.15) is 38.8 Å². The van der Waals surface area contributed by atoms with E-state index in [9.17, 15) is 4.79 Å². The van der Waals surface area contributed by atoms with Crippen molar-refractivity contribution < 1.29 is 4.79 Å². The van der Waals surface area contributed by atoms with E-state index in [1.165, 1.54) is 5.56 Å². The summed E-state index contributed by atoms with van der Waals surface area (Å²) in [5.74, 6) is 0.924. The van der Waals surface area contributed by atoms with Gasteiger partial charge in [-0.05, 0) is 17.5 Å². The van der Waals surface area contributed by atoms with E-state index in [-0.39, 0.29) is 4.75 Å². The molecule has 0 amide bonds. The molecule has 0 atom stereocenters. The first-order valence-corrected chi connectivity index (χ1v) is 7.13. The number of thioether (sulfide) groups is 1. The molecule has 0 heterocycles. The number of rotatable bonds is 5. The van der Waals surface area contributed by atoms with Gasteiger partial charge in [0.25, 0.3) is 0 Å². The third-order valence-electron chi connectivity index (χ3n) is 2.50. The Hall–Kier alpha value is -0.760. The number of aryl methyl sites for hydroxylation is 1. The van der Waals surface area contributed by atoms with Crippen LogP contribution in [0.3, 0.4) is 0 Å². The maximum Gasteiger partial charge on any atom is 0.147 e. The quantitative estimate of drug-likeness (QED) is 0.788. The third kappa shape index (κ3) is 5.92. The standard InChI is InChI=1S/C15H22OS/c1-5-12-6-8-13(9-7-12)10-14(16)11-17-15(2,3)4/h6-9H,5,10-11H2,1-4H3. The summed E-state index contributed by atoms with van der Waals surface area (Å²) >= 11 is 1.72. The smallest absolute Gasteiger partial charge is 0.147 e. The predicted octanol–water partition coefficient (Wildman–Crippen LogP) is 3.89. The molecule has 0 saturated heterocycles. The van der Waals surface area contributed by atoms with Crippen LogP contribution in [0.4, 0.5) is 0 Å². The van der Waals surface area contributed by atoms with Crippen molar-refractivity contribution in [3.8, 4) is 0 Å². The molecule has 0 aromatic heterocycles. The van der Waals surface area contributed by atoms with Gasteiger partial charge in [-0.2, -0.15) is 0 Å². The van der Waals surface area contributed by atoms with Crippen molar-refractivity contribution in [1.82, 2.24) is 0 Å². The Bertz CT molecular complexity index is 360. The Morgan fingerprint density at radius 3 is 2.12 bits per heavy atom. The fourth-order valence-electron chi connectivity index (χ4n) is 1.47. The first-order valence-electron chi connectivity index (χ1n) is 6.14. The zero-order valence-corrected chi connectivity index (χ0v) is 12.1. The van der Waals surface area contributed by atoms with Gasteiger partial charge in [0.1, 0.15) is 5.78 Å². The molecule has 1 nitrogen and oxygen atoms in total. The summed E-state index contributed by atoms with van der Waals surface area (Å²) < 4.78 is 0.168. The van der Waals surface area contributed by atoms with Crippen LogP contribution in [0.25, 0.3) is 0 Å². The fourth-order valence-corrected chi connectivity index (χ4v) is 2.16. The second kappa shape index (κ2) is 6.25. The van der Waals surface area contributed by atoms with Gasteiger partial charge in [-0.1, -0.05) is 52.0 Å². The van der Waals surface area contributed by atoms with Gasteiger partial charge in [-0.15, -0.1) is 11.8 Å². The highest BCUT2D eigenvalue weighted by Crippen LogP contribution is 2.23. The molecule has 0 fully saturated rings. The third-order valence-corrected chi connectivity index (χ3v) is 3.83. The fraction of sp³-hybridized carbons (Fsp3) is 0.533. The van der Waals surface area contributed by atoms with Crippen molar-refractivity contribution in [2.45, 2.75) is 45.3 Å². The maximum atomic E-state index is 11.8. The van der Waals surface area contributed by atoms with Crippen LogP contribution < -0.4 is 0 Å². The van der Waals surface area contributed by atoms with Crippen molar-refractivity contribution >= 4 is 17.5 Å². The lowest BCUT2D eigenvalue weighted by Crippen LogP contribution is -2.14. The minimum atomic E-state index is 0.168.